The molecule has 1 aliphatic rings. The molecule has 1 N–H and O–H groups in total. The molecule has 0 heterocycles. The Morgan fingerprint density at radius 1 is 0.933 bits per heavy atom. The summed E-state index contributed by atoms with van der Waals surface area (Å²) in [6.07, 6.45) is 10.7. The Labute approximate surface area is 198 Å². The van der Waals surface area contributed by atoms with E-state index in [4.69, 9.17) is 18.6 Å². The van der Waals surface area contributed by atoms with Gasteiger partial charge < -0.3 is 5.11 Å². The van der Waals surface area contributed by atoms with Gasteiger partial charge in [-0.05, 0) is 53.5 Å². The van der Waals surface area contributed by atoms with Crippen molar-refractivity contribution in [3.05, 3.63) is 59.2 Å². The molecule has 1 saturated carbocycles. The molecule has 3 rings (SSSR count). The molecule has 30 heavy (non-hydrogen) atoms. The summed E-state index contributed by atoms with van der Waals surface area (Å²) in [6, 6.07) is 14.5. The number of hydrogen-bond acceptors (Lipinski definition) is 2. The summed E-state index contributed by atoms with van der Waals surface area (Å²) in [5.41, 5.74) is 4.28. The van der Waals surface area contributed by atoms with Crippen molar-refractivity contribution in [3.8, 4) is 5.75 Å². The fourth-order valence-corrected chi connectivity index (χ4v) is 3.97. The number of phenolic OH excluding ortho intramolecular Hbond substituents is 1. The van der Waals surface area contributed by atoms with E-state index in [1.54, 1.807) is 6.21 Å². The van der Waals surface area contributed by atoms with Gasteiger partial charge in [0.2, 0.25) is 0 Å². The number of nitrogens with zero attached hydrogens (tertiary/aromatic N) is 1. The molecule has 1 aliphatic carbocycles. The molecular formula is C25H33Cl2NOTi. The van der Waals surface area contributed by atoms with Gasteiger partial charge in [0.15, 0.2) is 0 Å². The topological polar surface area (TPSA) is 32.6 Å². The summed E-state index contributed by atoms with van der Waals surface area (Å²) >= 11 is -0.556. The summed E-state index contributed by atoms with van der Waals surface area (Å²) in [6.45, 7) is 6.64. The molecule has 5 heteroatoms. The Kier molecular flexibility index (Phi) is 11.0. The summed E-state index contributed by atoms with van der Waals surface area (Å²) in [7, 11) is 9.78. The Morgan fingerprint density at radius 2 is 1.50 bits per heavy atom. The predicted octanol–water partition coefficient (Wildman–Crippen LogP) is 8.64. The van der Waals surface area contributed by atoms with Crippen molar-refractivity contribution in [2.45, 2.75) is 77.0 Å². The van der Waals surface area contributed by atoms with E-state index in [1.165, 1.54) is 50.5 Å². The minimum atomic E-state index is -0.556. The summed E-state index contributed by atoms with van der Waals surface area (Å²) < 4.78 is 0. The van der Waals surface area contributed by atoms with Crippen LogP contribution in [0.15, 0.2) is 47.5 Å². The molecule has 0 aliphatic heterocycles. The van der Waals surface area contributed by atoms with Crippen molar-refractivity contribution in [1.82, 2.24) is 0 Å². The molecule has 0 unspecified atom stereocenters. The van der Waals surface area contributed by atoms with E-state index in [0.717, 1.165) is 16.8 Å². The number of para-hydroxylation sites is 1. The van der Waals surface area contributed by atoms with Crippen LogP contribution in [-0.2, 0) is 22.4 Å². The van der Waals surface area contributed by atoms with Crippen LogP contribution in [0.3, 0.4) is 0 Å². The fraction of sp³-hybridized carbons (Fsp3) is 0.480. The van der Waals surface area contributed by atoms with Gasteiger partial charge in [0.05, 0.1) is 5.69 Å². The first kappa shape index (κ1) is 25.5. The predicted molar refractivity (Wildman–Crippen MR) is 127 cm³/mol. The van der Waals surface area contributed by atoms with Crippen molar-refractivity contribution >= 4 is 30.5 Å². The second kappa shape index (κ2) is 12.9. The third-order valence-electron chi connectivity index (χ3n) is 5.73. The zero-order valence-electron chi connectivity index (χ0n) is 18.3. The Bertz CT molecular complexity index is 792. The van der Waals surface area contributed by atoms with Crippen molar-refractivity contribution in [1.29, 1.82) is 0 Å². The first-order valence-electron chi connectivity index (χ1n) is 10.8. The maximum atomic E-state index is 10.8. The standard InChI is InChI=1S/C25H33NO.2ClH.Ti/c1-25(2,3)21-14-16-22(17-15-21)26-18-20-12-9-13-23(24(20)27)19-10-7-5-4-6-8-11-19;;;/h9,12-19,27H,4-8,10-11H2,1-3H3;2*1H;/q;;;+2/p-2. The Morgan fingerprint density at radius 3 is 2.07 bits per heavy atom. The monoisotopic (exact) mass is 481 g/mol. The van der Waals surface area contributed by atoms with Gasteiger partial charge in [0.25, 0.3) is 0 Å². The third-order valence-corrected chi connectivity index (χ3v) is 5.73. The van der Waals surface area contributed by atoms with Crippen LogP contribution in [0, 0.1) is 0 Å². The molecule has 0 spiro atoms. The van der Waals surface area contributed by atoms with Crippen LogP contribution in [-0.4, -0.2) is 11.3 Å². The normalized spacial score (nSPS) is 15.8. The molecule has 2 aromatic carbocycles. The fourth-order valence-electron chi connectivity index (χ4n) is 3.97. The van der Waals surface area contributed by atoms with Gasteiger partial charge in [-0.15, -0.1) is 0 Å². The number of rotatable bonds is 3. The van der Waals surface area contributed by atoms with Crippen LogP contribution >= 0.6 is 18.6 Å². The average Bonchev–Trinajstić information content (AvgIpc) is 2.68. The van der Waals surface area contributed by atoms with Gasteiger partial charge >= 0.3 is 35.6 Å². The van der Waals surface area contributed by atoms with Gasteiger partial charge in [-0.3, -0.25) is 4.99 Å². The van der Waals surface area contributed by atoms with E-state index in [1.807, 2.05) is 18.2 Å². The number of hydrogen-bond donors (Lipinski definition) is 1. The zero-order chi connectivity index (χ0) is 22.0. The number of halogens is 2. The molecule has 0 atom stereocenters. The number of aliphatic imine (C=N–C) groups is 1. The van der Waals surface area contributed by atoms with E-state index in [2.05, 4.69) is 50.0 Å². The second-order valence-electron chi connectivity index (χ2n) is 8.95. The van der Waals surface area contributed by atoms with Crippen LogP contribution in [0.1, 0.15) is 88.3 Å². The zero-order valence-corrected chi connectivity index (χ0v) is 21.4. The van der Waals surface area contributed by atoms with Crippen LogP contribution in [0.25, 0.3) is 0 Å². The number of aromatic hydroxyl groups is 1. The van der Waals surface area contributed by atoms with Gasteiger partial charge in [-0.2, -0.15) is 0 Å². The quantitative estimate of drug-likeness (QED) is 0.345. The molecule has 2 nitrogen and oxygen atoms in total. The Hall–Kier alpha value is -0.796. The first-order chi connectivity index (χ1) is 14.4. The number of phenols is 1. The van der Waals surface area contributed by atoms with E-state index in [-0.39, 0.29) is 5.41 Å². The van der Waals surface area contributed by atoms with E-state index in [9.17, 15) is 5.11 Å². The van der Waals surface area contributed by atoms with E-state index in [0.29, 0.717) is 11.7 Å². The summed E-state index contributed by atoms with van der Waals surface area (Å²) in [5, 5.41) is 10.8. The van der Waals surface area contributed by atoms with Crippen LogP contribution in [0.5, 0.6) is 5.75 Å². The van der Waals surface area contributed by atoms with Gasteiger partial charge in [0.1, 0.15) is 5.75 Å². The van der Waals surface area contributed by atoms with Crippen molar-refractivity contribution in [2.24, 2.45) is 4.99 Å². The van der Waals surface area contributed by atoms with E-state index < -0.39 is 17.0 Å². The molecule has 0 saturated heterocycles. The second-order valence-corrected chi connectivity index (χ2v) is 11.5. The molecule has 2 aromatic rings. The molecular weight excluding hydrogens is 449 g/mol. The average molecular weight is 482 g/mol. The molecule has 162 valence electrons. The van der Waals surface area contributed by atoms with E-state index >= 15 is 0 Å². The van der Waals surface area contributed by atoms with Crippen molar-refractivity contribution < 1.29 is 22.1 Å². The molecule has 0 aromatic heterocycles. The van der Waals surface area contributed by atoms with Gasteiger partial charge in [0, 0.05) is 11.8 Å². The van der Waals surface area contributed by atoms with Gasteiger partial charge in [-0.25, -0.2) is 0 Å². The van der Waals surface area contributed by atoms with Crippen LogP contribution < -0.4 is 0 Å². The summed E-state index contributed by atoms with van der Waals surface area (Å²) in [5.74, 6) is 0.892. The Balaban J connectivity index is 0.00000101. The van der Waals surface area contributed by atoms with Crippen LogP contribution in [0.4, 0.5) is 5.69 Å². The van der Waals surface area contributed by atoms with Crippen LogP contribution in [0.2, 0.25) is 0 Å². The molecule has 0 amide bonds. The molecule has 1 fully saturated rings. The van der Waals surface area contributed by atoms with Crippen molar-refractivity contribution in [3.63, 3.8) is 0 Å². The summed E-state index contributed by atoms with van der Waals surface area (Å²) in [4.78, 5) is 4.60. The van der Waals surface area contributed by atoms with Gasteiger partial charge in [-0.1, -0.05) is 77.1 Å². The molecule has 0 radical (unpaired) electrons. The minimum absolute atomic E-state index is 0.145. The maximum absolute atomic E-state index is 10.8. The first-order valence-corrected chi connectivity index (χ1v) is 15.1. The third kappa shape index (κ3) is 8.04. The molecule has 0 bridgehead atoms. The van der Waals surface area contributed by atoms with Crippen molar-refractivity contribution in [2.75, 3.05) is 0 Å². The SMILES string of the molecule is CC(C)(C)c1ccc(N=Cc2cccc(C3CCCCCCC3)c2O)cc1.[Cl][Ti][Cl]. The number of benzene rings is 2.